The van der Waals surface area contributed by atoms with Crippen molar-refractivity contribution in [3.63, 3.8) is 0 Å². The number of hydrogen-bond donors (Lipinski definition) is 2. The molecule has 2 nitrogen and oxygen atoms in total. The summed E-state index contributed by atoms with van der Waals surface area (Å²) in [5.41, 5.74) is 4.93. The van der Waals surface area contributed by atoms with Gasteiger partial charge in [-0.3, -0.25) is 11.3 Å². The average molecular weight is 304 g/mol. The maximum atomic E-state index is 6.22. The Kier molecular flexibility index (Phi) is 5.49. The Morgan fingerprint density at radius 3 is 2.88 bits per heavy atom. The van der Waals surface area contributed by atoms with Crippen LogP contribution >= 0.6 is 27.5 Å². The third kappa shape index (κ3) is 3.32. The summed E-state index contributed by atoms with van der Waals surface area (Å²) in [7, 11) is 0. The van der Waals surface area contributed by atoms with E-state index < -0.39 is 0 Å². The van der Waals surface area contributed by atoms with Crippen LogP contribution in [0, 0.1) is 0 Å². The van der Waals surface area contributed by atoms with Crippen LogP contribution in [0.2, 0.25) is 5.02 Å². The zero-order chi connectivity index (χ0) is 12.1. The molecule has 0 aliphatic heterocycles. The van der Waals surface area contributed by atoms with Gasteiger partial charge < -0.3 is 0 Å². The van der Waals surface area contributed by atoms with Gasteiger partial charge in [0, 0.05) is 4.47 Å². The van der Waals surface area contributed by atoms with Crippen LogP contribution in [0.4, 0.5) is 0 Å². The second-order valence-electron chi connectivity index (χ2n) is 3.67. The molecule has 0 bridgehead atoms. The molecule has 0 heterocycles. The summed E-state index contributed by atoms with van der Waals surface area (Å²) in [6, 6.07) is 5.84. The molecule has 0 saturated carbocycles. The lowest BCUT2D eigenvalue weighted by molar-refractivity contribution is 0.545. The van der Waals surface area contributed by atoms with Crippen LogP contribution in [-0.4, -0.2) is 0 Å². The van der Waals surface area contributed by atoms with Crippen LogP contribution in [0.15, 0.2) is 34.8 Å². The standard InChI is InChI=1S/C12H16BrClN2/c1-3-8(2)7-11(16-15)9-5-4-6-10(13)12(9)14/h4-6,11,16H,2-3,7,15H2,1H3. The molecule has 16 heavy (non-hydrogen) atoms. The molecule has 3 N–H and O–H groups in total. The molecule has 1 aromatic rings. The first kappa shape index (κ1) is 13.7. The second kappa shape index (κ2) is 6.40. The highest BCUT2D eigenvalue weighted by atomic mass is 79.9. The molecule has 0 amide bonds. The van der Waals surface area contributed by atoms with Crippen LogP contribution in [0.1, 0.15) is 31.4 Å². The quantitative estimate of drug-likeness (QED) is 0.491. The fourth-order valence-corrected chi connectivity index (χ4v) is 2.12. The zero-order valence-electron chi connectivity index (χ0n) is 9.26. The second-order valence-corrected chi connectivity index (χ2v) is 4.90. The van der Waals surface area contributed by atoms with Gasteiger partial charge in [-0.15, -0.1) is 0 Å². The molecule has 0 radical (unpaired) electrons. The molecular weight excluding hydrogens is 288 g/mol. The molecule has 1 unspecified atom stereocenters. The molecule has 1 aromatic carbocycles. The average Bonchev–Trinajstić information content (AvgIpc) is 2.29. The van der Waals surface area contributed by atoms with E-state index in [1.165, 1.54) is 0 Å². The highest BCUT2D eigenvalue weighted by molar-refractivity contribution is 9.10. The van der Waals surface area contributed by atoms with E-state index >= 15 is 0 Å². The Morgan fingerprint density at radius 2 is 2.31 bits per heavy atom. The van der Waals surface area contributed by atoms with Crippen molar-refractivity contribution < 1.29 is 0 Å². The van der Waals surface area contributed by atoms with E-state index in [-0.39, 0.29) is 6.04 Å². The summed E-state index contributed by atoms with van der Waals surface area (Å²) in [5.74, 6) is 5.56. The first-order valence-corrected chi connectivity index (χ1v) is 6.33. The molecule has 0 spiro atoms. The molecule has 0 saturated heterocycles. The predicted molar refractivity (Wildman–Crippen MR) is 73.3 cm³/mol. The van der Waals surface area contributed by atoms with E-state index in [2.05, 4.69) is 34.9 Å². The van der Waals surface area contributed by atoms with Crippen LogP contribution in [-0.2, 0) is 0 Å². The smallest absolute Gasteiger partial charge is 0.0596 e. The van der Waals surface area contributed by atoms with E-state index in [0.717, 1.165) is 28.5 Å². The normalized spacial score (nSPS) is 12.5. The number of hydrazine groups is 1. The number of rotatable bonds is 5. The third-order valence-corrected chi connectivity index (χ3v) is 3.86. The zero-order valence-corrected chi connectivity index (χ0v) is 11.6. The number of nitrogens with one attached hydrogen (secondary N) is 1. The first-order valence-electron chi connectivity index (χ1n) is 5.16. The van der Waals surface area contributed by atoms with Crippen LogP contribution in [0.3, 0.4) is 0 Å². The Labute approximate surface area is 110 Å². The number of nitrogens with two attached hydrogens (primary N) is 1. The molecular formula is C12H16BrClN2. The predicted octanol–water partition coefficient (Wildman–Crippen LogP) is 3.96. The maximum Gasteiger partial charge on any atom is 0.0596 e. The summed E-state index contributed by atoms with van der Waals surface area (Å²) >= 11 is 9.63. The summed E-state index contributed by atoms with van der Waals surface area (Å²) in [6.45, 7) is 6.07. The third-order valence-electron chi connectivity index (χ3n) is 2.55. The Bertz CT molecular complexity index is 379. The lowest BCUT2D eigenvalue weighted by Crippen LogP contribution is -2.28. The van der Waals surface area contributed by atoms with Crippen molar-refractivity contribution in [2.45, 2.75) is 25.8 Å². The van der Waals surface area contributed by atoms with Gasteiger partial charge in [0.1, 0.15) is 0 Å². The van der Waals surface area contributed by atoms with E-state index in [4.69, 9.17) is 17.4 Å². The molecule has 88 valence electrons. The lowest BCUT2D eigenvalue weighted by Gasteiger charge is -2.19. The van der Waals surface area contributed by atoms with Crippen molar-refractivity contribution >= 4 is 27.5 Å². The molecule has 0 aliphatic carbocycles. The summed E-state index contributed by atoms with van der Waals surface area (Å²) in [5, 5.41) is 0.703. The van der Waals surface area contributed by atoms with E-state index in [1.54, 1.807) is 0 Å². The largest absolute Gasteiger partial charge is 0.271 e. The summed E-state index contributed by atoms with van der Waals surface area (Å²) < 4.78 is 0.883. The minimum Gasteiger partial charge on any atom is -0.271 e. The first-order chi connectivity index (χ1) is 7.60. The summed E-state index contributed by atoms with van der Waals surface area (Å²) in [6.07, 6.45) is 1.74. The molecule has 1 rings (SSSR count). The highest BCUT2D eigenvalue weighted by Gasteiger charge is 2.15. The molecule has 1 atom stereocenters. The minimum atomic E-state index is 0.0115. The Balaban J connectivity index is 2.95. The van der Waals surface area contributed by atoms with Gasteiger partial charge in [-0.1, -0.05) is 42.8 Å². The van der Waals surface area contributed by atoms with Crippen molar-refractivity contribution in [3.05, 3.63) is 45.4 Å². The van der Waals surface area contributed by atoms with Crippen molar-refractivity contribution in [2.24, 2.45) is 5.84 Å². The SMILES string of the molecule is C=C(CC)CC(NN)c1cccc(Br)c1Cl. The van der Waals surface area contributed by atoms with Gasteiger partial charge in [0.05, 0.1) is 11.1 Å². The van der Waals surface area contributed by atoms with Crippen molar-refractivity contribution in [3.8, 4) is 0 Å². The highest BCUT2D eigenvalue weighted by Crippen LogP contribution is 2.32. The topological polar surface area (TPSA) is 38.0 Å². The molecule has 0 fully saturated rings. The number of benzene rings is 1. The van der Waals surface area contributed by atoms with Gasteiger partial charge in [0.25, 0.3) is 0 Å². The van der Waals surface area contributed by atoms with E-state index in [9.17, 15) is 0 Å². The van der Waals surface area contributed by atoms with Gasteiger partial charge in [0.2, 0.25) is 0 Å². The lowest BCUT2D eigenvalue weighted by atomic mass is 9.99. The molecule has 0 aliphatic rings. The van der Waals surface area contributed by atoms with Gasteiger partial charge >= 0.3 is 0 Å². The molecule has 4 heteroatoms. The van der Waals surface area contributed by atoms with E-state index in [1.807, 2.05) is 18.2 Å². The molecule has 0 aromatic heterocycles. The van der Waals surface area contributed by atoms with Crippen molar-refractivity contribution in [1.82, 2.24) is 5.43 Å². The fraction of sp³-hybridized carbons (Fsp3) is 0.333. The van der Waals surface area contributed by atoms with Crippen molar-refractivity contribution in [2.75, 3.05) is 0 Å². The summed E-state index contributed by atoms with van der Waals surface area (Å²) in [4.78, 5) is 0. The van der Waals surface area contributed by atoms with Crippen LogP contribution < -0.4 is 11.3 Å². The minimum absolute atomic E-state index is 0.0115. The Hall–Kier alpha value is -0.350. The van der Waals surface area contributed by atoms with Gasteiger partial charge in [-0.25, -0.2) is 0 Å². The van der Waals surface area contributed by atoms with Crippen molar-refractivity contribution in [1.29, 1.82) is 0 Å². The van der Waals surface area contributed by atoms with Gasteiger partial charge in [-0.05, 0) is 40.4 Å². The maximum absolute atomic E-state index is 6.22. The van der Waals surface area contributed by atoms with Gasteiger partial charge in [-0.2, -0.15) is 0 Å². The van der Waals surface area contributed by atoms with Gasteiger partial charge in [0.15, 0.2) is 0 Å². The fourth-order valence-electron chi connectivity index (χ4n) is 1.48. The van der Waals surface area contributed by atoms with Crippen LogP contribution in [0.25, 0.3) is 0 Å². The van der Waals surface area contributed by atoms with Crippen LogP contribution in [0.5, 0.6) is 0 Å². The number of hydrogen-bond acceptors (Lipinski definition) is 2. The van der Waals surface area contributed by atoms with E-state index in [0.29, 0.717) is 5.02 Å². The number of halogens is 2. The Morgan fingerprint density at radius 1 is 1.62 bits per heavy atom. The monoisotopic (exact) mass is 302 g/mol.